The SMILES string of the molecule is O=C(NNC(=O)c1cc(-c2ccccc2)on1)c1cc(F)cc(F)c1. The Kier molecular flexibility index (Phi) is 4.51. The fraction of sp³-hybridized carbons (Fsp3) is 0. The first-order valence-electron chi connectivity index (χ1n) is 7.12. The molecule has 0 unspecified atom stereocenters. The van der Waals surface area contributed by atoms with Gasteiger partial charge in [-0.15, -0.1) is 0 Å². The number of hydrogen-bond donors (Lipinski definition) is 2. The summed E-state index contributed by atoms with van der Waals surface area (Å²) in [6.45, 7) is 0. The minimum atomic E-state index is -0.902. The number of rotatable bonds is 3. The molecule has 2 amide bonds. The van der Waals surface area contributed by atoms with Crippen LogP contribution in [-0.4, -0.2) is 17.0 Å². The summed E-state index contributed by atoms with van der Waals surface area (Å²) in [5, 5.41) is 3.61. The largest absolute Gasteiger partial charge is 0.355 e. The summed E-state index contributed by atoms with van der Waals surface area (Å²) in [6, 6.07) is 12.7. The number of aromatic nitrogens is 1. The normalized spacial score (nSPS) is 10.3. The molecule has 0 aliphatic heterocycles. The molecule has 0 atom stereocenters. The maximum absolute atomic E-state index is 13.1. The first kappa shape index (κ1) is 16.3. The van der Waals surface area contributed by atoms with Gasteiger partial charge in [0.1, 0.15) is 11.6 Å². The quantitative estimate of drug-likeness (QED) is 0.716. The van der Waals surface area contributed by atoms with Gasteiger partial charge in [-0.3, -0.25) is 20.4 Å². The van der Waals surface area contributed by atoms with E-state index in [0.717, 1.165) is 17.7 Å². The van der Waals surface area contributed by atoms with E-state index in [9.17, 15) is 18.4 Å². The Morgan fingerprint density at radius 1 is 0.880 bits per heavy atom. The van der Waals surface area contributed by atoms with Crippen molar-refractivity contribution in [2.75, 3.05) is 0 Å². The minimum absolute atomic E-state index is 0.0652. The zero-order chi connectivity index (χ0) is 17.8. The Labute approximate surface area is 140 Å². The van der Waals surface area contributed by atoms with E-state index in [-0.39, 0.29) is 11.3 Å². The van der Waals surface area contributed by atoms with Gasteiger partial charge in [0.05, 0.1) is 0 Å². The van der Waals surface area contributed by atoms with E-state index in [2.05, 4.69) is 10.6 Å². The molecule has 126 valence electrons. The van der Waals surface area contributed by atoms with Crippen LogP contribution in [0.2, 0.25) is 0 Å². The van der Waals surface area contributed by atoms with E-state index in [1.807, 2.05) is 11.5 Å². The Hall–Kier alpha value is -3.55. The molecule has 25 heavy (non-hydrogen) atoms. The molecule has 1 heterocycles. The molecule has 0 saturated carbocycles. The predicted molar refractivity (Wildman–Crippen MR) is 83.2 cm³/mol. The van der Waals surface area contributed by atoms with Crippen LogP contribution in [0, 0.1) is 11.6 Å². The van der Waals surface area contributed by atoms with Crippen LogP contribution >= 0.6 is 0 Å². The molecule has 8 heteroatoms. The molecular weight excluding hydrogens is 332 g/mol. The highest BCUT2D eigenvalue weighted by atomic mass is 19.1. The van der Waals surface area contributed by atoms with Crippen molar-refractivity contribution in [3.8, 4) is 11.3 Å². The molecule has 1 aromatic heterocycles. The monoisotopic (exact) mass is 343 g/mol. The fourth-order valence-corrected chi connectivity index (χ4v) is 2.06. The molecule has 0 spiro atoms. The van der Waals surface area contributed by atoms with Crippen molar-refractivity contribution in [2.45, 2.75) is 0 Å². The summed E-state index contributed by atoms with van der Waals surface area (Å²) in [5.41, 5.74) is 4.53. The van der Waals surface area contributed by atoms with Gasteiger partial charge in [0.2, 0.25) is 0 Å². The molecule has 0 radical (unpaired) electrons. The maximum atomic E-state index is 13.1. The van der Waals surface area contributed by atoms with Gasteiger partial charge in [-0.05, 0) is 12.1 Å². The van der Waals surface area contributed by atoms with Gasteiger partial charge in [0.15, 0.2) is 11.5 Å². The van der Waals surface area contributed by atoms with Gasteiger partial charge < -0.3 is 4.52 Å². The Balaban J connectivity index is 1.65. The van der Waals surface area contributed by atoms with Crippen molar-refractivity contribution < 1.29 is 22.9 Å². The summed E-state index contributed by atoms with van der Waals surface area (Å²) in [5.74, 6) is -3.04. The summed E-state index contributed by atoms with van der Waals surface area (Å²) >= 11 is 0. The first-order valence-corrected chi connectivity index (χ1v) is 7.12. The van der Waals surface area contributed by atoms with Gasteiger partial charge in [-0.2, -0.15) is 0 Å². The van der Waals surface area contributed by atoms with Crippen LogP contribution in [0.15, 0.2) is 59.1 Å². The number of benzene rings is 2. The molecule has 2 N–H and O–H groups in total. The van der Waals surface area contributed by atoms with Crippen molar-refractivity contribution in [2.24, 2.45) is 0 Å². The van der Waals surface area contributed by atoms with Crippen molar-refractivity contribution >= 4 is 11.8 Å². The van der Waals surface area contributed by atoms with Crippen LogP contribution in [0.3, 0.4) is 0 Å². The predicted octanol–water partition coefficient (Wildman–Crippen LogP) is 2.69. The topological polar surface area (TPSA) is 84.2 Å². The second-order valence-electron chi connectivity index (χ2n) is 5.01. The van der Waals surface area contributed by atoms with Crippen molar-refractivity contribution in [1.29, 1.82) is 0 Å². The number of hydrazine groups is 1. The van der Waals surface area contributed by atoms with Crippen molar-refractivity contribution in [1.82, 2.24) is 16.0 Å². The van der Waals surface area contributed by atoms with Gasteiger partial charge in [-0.1, -0.05) is 35.5 Å². The summed E-state index contributed by atoms with van der Waals surface area (Å²) in [4.78, 5) is 23.8. The average molecular weight is 343 g/mol. The lowest BCUT2D eigenvalue weighted by Gasteiger charge is -2.05. The van der Waals surface area contributed by atoms with Crippen LogP contribution in [0.1, 0.15) is 20.8 Å². The number of hydrogen-bond acceptors (Lipinski definition) is 4. The summed E-state index contributed by atoms with van der Waals surface area (Å²) < 4.78 is 31.2. The number of carbonyl (C=O) groups excluding carboxylic acids is 2. The maximum Gasteiger partial charge on any atom is 0.291 e. The van der Waals surface area contributed by atoms with Crippen LogP contribution in [0.5, 0.6) is 0 Å². The lowest BCUT2D eigenvalue weighted by molar-refractivity contribution is 0.0841. The number of nitrogens with one attached hydrogen (secondary N) is 2. The summed E-state index contributed by atoms with van der Waals surface area (Å²) in [7, 11) is 0. The molecule has 3 aromatic rings. The lowest BCUT2D eigenvalue weighted by Crippen LogP contribution is -2.41. The standard InChI is InChI=1S/C17H11F2N3O3/c18-12-6-11(7-13(19)8-12)16(23)20-21-17(24)14-9-15(25-22-14)10-4-2-1-3-5-10/h1-9H,(H,20,23)(H,21,24). The highest BCUT2D eigenvalue weighted by Gasteiger charge is 2.15. The zero-order valence-corrected chi connectivity index (χ0v) is 12.6. The molecule has 0 fully saturated rings. The van der Waals surface area contributed by atoms with Gasteiger partial charge in [0, 0.05) is 23.3 Å². The molecule has 6 nitrogen and oxygen atoms in total. The van der Waals surface area contributed by atoms with E-state index in [0.29, 0.717) is 11.8 Å². The van der Waals surface area contributed by atoms with Crippen molar-refractivity contribution in [3.05, 3.63) is 77.5 Å². The van der Waals surface area contributed by atoms with Crippen LogP contribution in [0.25, 0.3) is 11.3 Å². The van der Waals surface area contributed by atoms with Gasteiger partial charge >= 0.3 is 0 Å². The molecule has 2 aromatic carbocycles. The van der Waals surface area contributed by atoms with E-state index < -0.39 is 23.4 Å². The van der Waals surface area contributed by atoms with Crippen LogP contribution < -0.4 is 10.9 Å². The Morgan fingerprint density at radius 2 is 1.52 bits per heavy atom. The van der Waals surface area contributed by atoms with Gasteiger partial charge in [0.25, 0.3) is 11.8 Å². The highest BCUT2D eigenvalue weighted by Crippen LogP contribution is 2.19. The molecule has 0 aliphatic rings. The van der Waals surface area contributed by atoms with Gasteiger partial charge in [-0.25, -0.2) is 8.78 Å². The molecule has 3 rings (SSSR count). The smallest absolute Gasteiger partial charge is 0.291 e. The third kappa shape index (κ3) is 3.86. The van der Waals surface area contributed by atoms with Crippen LogP contribution in [-0.2, 0) is 0 Å². The highest BCUT2D eigenvalue weighted by molar-refractivity contribution is 5.98. The third-order valence-corrected chi connectivity index (χ3v) is 3.22. The lowest BCUT2D eigenvalue weighted by atomic mass is 10.1. The third-order valence-electron chi connectivity index (χ3n) is 3.22. The minimum Gasteiger partial charge on any atom is -0.355 e. The fourth-order valence-electron chi connectivity index (χ4n) is 2.06. The number of carbonyl (C=O) groups is 2. The number of halogens is 2. The van der Waals surface area contributed by atoms with Crippen molar-refractivity contribution in [3.63, 3.8) is 0 Å². The average Bonchev–Trinajstić information content (AvgIpc) is 3.09. The molecular formula is C17H11F2N3O3. The molecule has 0 saturated heterocycles. The Bertz CT molecular complexity index is 906. The molecule has 0 aliphatic carbocycles. The van der Waals surface area contributed by atoms with E-state index in [1.54, 1.807) is 24.3 Å². The van der Waals surface area contributed by atoms with E-state index >= 15 is 0 Å². The van der Waals surface area contributed by atoms with Crippen LogP contribution in [0.4, 0.5) is 8.78 Å². The van der Waals surface area contributed by atoms with E-state index in [4.69, 9.17) is 4.52 Å². The molecule has 0 bridgehead atoms. The number of amides is 2. The second kappa shape index (κ2) is 6.91. The summed E-state index contributed by atoms with van der Waals surface area (Å²) in [6.07, 6.45) is 0. The first-order chi connectivity index (χ1) is 12.0. The van der Waals surface area contributed by atoms with E-state index in [1.165, 1.54) is 6.07 Å². The number of nitrogens with zero attached hydrogens (tertiary/aromatic N) is 1. The second-order valence-corrected chi connectivity index (χ2v) is 5.01. The zero-order valence-electron chi connectivity index (χ0n) is 12.6. The Morgan fingerprint density at radius 3 is 2.20 bits per heavy atom.